The smallest absolute Gasteiger partial charge is 0.264 e. The van der Waals surface area contributed by atoms with E-state index in [1.165, 1.54) is 64.2 Å². The summed E-state index contributed by atoms with van der Waals surface area (Å²) in [6.45, 7) is 4.53. The lowest BCUT2D eigenvalue weighted by Gasteiger charge is -2.16. The number of unbranched alkanes of at least 4 members (excludes halogenated alkanes) is 8. The highest BCUT2D eigenvalue weighted by atomic mass is 32.3. The van der Waals surface area contributed by atoms with E-state index in [0.717, 1.165) is 19.3 Å². The molecule has 0 aromatic rings. The summed E-state index contributed by atoms with van der Waals surface area (Å²) >= 11 is 0. The van der Waals surface area contributed by atoms with Gasteiger partial charge in [0.2, 0.25) is 0 Å². The fourth-order valence-electron chi connectivity index (χ4n) is 2.83. The maximum absolute atomic E-state index is 10.6. The highest BCUT2D eigenvalue weighted by Crippen LogP contribution is 2.22. The minimum atomic E-state index is -4.28. The zero-order valence-electron chi connectivity index (χ0n) is 14.6. The second kappa shape index (κ2) is 14.5. The molecule has 0 heterocycles. The van der Waals surface area contributed by atoms with Crippen LogP contribution in [0.5, 0.6) is 0 Å². The van der Waals surface area contributed by atoms with E-state index in [2.05, 4.69) is 18.0 Å². The van der Waals surface area contributed by atoms with Crippen LogP contribution in [-0.4, -0.2) is 19.6 Å². The maximum Gasteiger partial charge on any atom is 0.397 e. The molecule has 22 heavy (non-hydrogen) atoms. The molecule has 0 bridgehead atoms. The van der Waals surface area contributed by atoms with Crippen molar-refractivity contribution in [2.45, 2.75) is 97.3 Å². The lowest BCUT2D eigenvalue weighted by Crippen LogP contribution is -2.10. The molecular formula is C17H36O4S. The van der Waals surface area contributed by atoms with Crippen molar-refractivity contribution in [2.75, 3.05) is 6.61 Å². The molecule has 4 nitrogen and oxygen atoms in total. The van der Waals surface area contributed by atoms with Crippen LogP contribution in [0.3, 0.4) is 0 Å². The van der Waals surface area contributed by atoms with Gasteiger partial charge in [0.1, 0.15) is 0 Å². The Bertz CT molecular complexity index is 328. The molecule has 0 amide bonds. The van der Waals surface area contributed by atoms with Crippen LogP contribution in [0, 0.1) is 5.92 Å². The van der Waals surface area contributed by atoms with Crippen molar-refractivity contribution < 1.29 is 17.2 Å². The molecule has 0 aliphatic rings. The summed E-state index contributed by atoms with van der Waals surface area (Å²) in [5.74, 6) is 0.518. The van der Waals surface area contributed by atoms with E-state index in [4.69, 9.17) is 4.55 Å². The fraction of sp³-hybridized carbons (Fsp3) is 1.00. The third-order valence-electron chi connectivity index (χ3n) is 4.19. The largest absolute Gasteiger partial charge is 0.397 e. The summed E-state index contributed by atoms with van der Waals surface area (Å²) < 4.78 is 34.3. The maximum atomic E-state index is 10.6. The third-order valence-corrected chi connectivity index (χ3v) is 4.65. The highest BCUT2D eigenvalue weighted by Gasteiger charge is 2.11. The molecule has 0 saturated carbocycles. The molecule has 0 aliphatic heterocycles. The molecule has 0 aromatic heterocycles. The van der Waals surface area contributed by atoms with E-state index in [-0.39, 0.29) is 6.61 Å². The Morgan fingerprint density at radius 3 is 1.73 bits per heavy atom. The van der Waals surface area contributed by atoms with Crippen LogP contribution in [0.2, 0.25) is 0 Å². The standard InChI is InChI=1S/C17H36O4S/c1-3-5-7-9-10-12-14-17(13-11-8-6-4-2)15-16-21-22(18,19)20/h17H,3-16H2,1-2H3,(H,18,19,20). The molecule has 5 heteroatoms. The van der Waals surface area contributed by atoms with Crippen LogP contribution in [0.1, 0.15) is 97.3 Å². The van der Waals surface area contributed by atoms with Crippen LogP contribution in [0.25, 0.3) is 0 Å². The van der Waals surface area contributed by atoms with Gasteiger partial charge < -0.3 is 0 Å². The van der Waals surface area contributed by atoms with Gasteiger partial charge in [0, 0.05) is 0 Å². The van der Waals surface area contributed by atoms with Crippen molar-refractivity contribution in [3.05, 3.63) is 0 Å². The molecule has 0 fully saturated rings. The fourth-order valence-corrected chi connectivity index (χ4v) is 3.13. The van der Waals surface area contributed by atoms with Gasteiger partial charge in [-0.1, -0.05) is 90.9 Å². The molecule has 0 saturated heterocycles. The van der Waals surface area contributed by atoms with Crippen molar-refractivity contribution in [2.24, 2.45) is 5.92 Å². The molecule has 1 unspecified atom stereocenters. The van der Waals surface area contributed by atoms with E-state index in [1.54, 1.807) is 0 Å². The Kier molecular flexibility index (Phi) is 14.4. The molecule has 134 valence electrons. The number of hydrogen-bond acceptors (Lipinski definition) is 3. The lowest BCUT2D eigenvalue weighted by molar-refractivity contribution is 0.234. The molecule has 1 N–H and O–H groups in total. The summed E-state index contributed by atoms with van der Waals surface area (Å²) in [6.07, 6.45) is 15.7. The summed E-state index contributed by atoms with van der Waals surface area (Å²) in [5.41, 5.74) is 0. The summed E-state index contributed by atoms with van der Waals surface area (Å²) in [4.78, 5) is 0. The predicted octanol–water partition coefficient (Wildman–Crippen LogP) is 5.53. The molecule has 0 aliphatic carbocycles. The first kappa shape index (κ1) is 21.9. The van der Waals surface area contributed by atoms with Crippen LogP contribution >= 0.6 is 0 Å². The summed E-state index contributed by atoms with van der Waals surface area (Å²) in [7, 11) is -4.28. The van der Waals surface area contributed by atoms with E-state index < -0.39 is 10.4 Å². The third kappa shape index (κ3) is 16.2. The van der Waals surface area contributed by atoms with Gasteiger partial charge in [0.25, 0.3) is 0 Å². The number of rotatable bonds is 16. The Balaban J connectivity index is 3.89. The first-order valence-electron chi connectivity index (χ1n) is 9.11. The molecule has 0 aromatic carbocycles. The van der Waals surface area contributed by atoms with E-state index in [9.17, 15) is 8.42 Å². The average molecular weight is 337 g/mol. The van der Waals surface area contributed by atoms with Gasteiger partial charge in [-0.25, -0.2) is 4.18 Å². The molecule has 0 spiro atoms. The molecule has 1 atom stereocenters. The molecule has 0 rings (SSSR count). The Morgan fingerprint density at radius 1 is 0.773 bits per heavy atom. The van der Waals surface area contributed by atoms with Crippen molar-refractivity contribution in [3.8, 4) is 0 Å². The monoisotopic (exact) mass is 336 g/mol. The topological polar surface area (TPSA) is 63.6 Å². The second-order valence-electron chi connectivity index (χ2n) is 6.31. The summed E-state index contributed by atoms with van der Waals surface area (Å²) in [5, 5.41) is 0. The van der Waals surface area contributed by atoms with Gasteiger partial charge in [-0.15, -0.1) is 0 Å². The normalized spacial score (nSPS) is 13.4. The second-order valence-corrected chi connectivity index (χ2v) is 7.40. The molecular weight excluding hydrogens is 300 g/mol. The van der Waals surface area contributed by atoms with Gasteiger partial charge in [0.15, 0.2) is 0 Å². The van der Waals surface area contributed by atoms with E-state index >= 15 is 0 Å². The number of hydrogen-bond donors (Lipinski definition) is 1. The Morgan fingerprint density at radius 2 is 1.23 bits per heavy atom. The van der Waals surface area contributed by atoms with Crippen LogP contribution in [-0.2, 0) is 14.6 Å². The first-order chi connectivity index (χ1) is 10.5. The lowest BCUT2D eigenvalue weighted by atomic mass is 9.92. The first-order valence-corrected chi connectivity index (χ1v) is 10.5. The Labute approximate surface area is 138 Å². The van der Waals surface area contributed by atoms with Crippen LogP contribution in [0.4, 0.5) is 0 Å². The van der Waals surface area contributed by atoms with E-state index in [1.807, 2.05) is 0 Å². The van der Waals surface area contributed by atoms with Gasteiger partial charge in [-0.3, -0.25) is 4.55 Å². The van der Waals surface area contributed by atoms with Crippen molar-refractivity contribution in [1.82, 2.24) is 0 Å². The Hall–Kier alpha value is -0.130. The van der Waals surface area contributed by atoms with Gasteiger partial charge in [-0.05, 0) is 12.3 Å². The van der Waals surface area contributed by atoms with Gasteiger partial charge in [-0.2, -0.15) is 8.42 Å². The van der Waals surface area contributed by atoms with Gasteiger partial charge >= 0.3 is 10.4 Å². The SMILES string of the molecule is CCCCCCCCC(CCCCCC)CCOS(=O)(=O)O. The van der Waals surface area contributed by atoms with Gasteiger partial charge in [0.05, 0.1) is 6.61 Å². The van der Waals surface area contributed by atoms with Crippen molar-refractivity contribution >= 4 is 10.4 Å². The average Bonchev–Trinajstić information content (AvgIpc) is 2.45. The minimum Gasteiger partial charge on any atom is -0.264 e. The van der Waals surface area contributed by atoms with Crippen LogP contribution in [0.15, 0.2) is 0 Å². The predicted molar refractivity (Wildman–Crippen MR) is 92.4 cm³/mol. The van der Waals surface area contributed by atoms with Crippen molar-refractivity contribution in [3.63, 3.8) is 0 Å². The quantitative estimate of drug-likeness (QED) is 0.297. The summed E-state index contributed by atoms with van der Waals surface area (Å²) in [6, 6.07) is 0. The van der Waals surface area contributed by atoms with Crippen LogP contribution < -0.4 is 0 Å². The zero-order chi connectivity index (χ0) is 16.7. The van der Waals surface area contributed by atoms with Crippen molar-refractivity contribution in [1.29, 1.82) is 0 Å². The zero-order valence-corrected chi connectivity index (χ0v) is 15.4. The van der Waals surface area contributed by atoms with E-state index in [0.29, 0.717) is 5.92 Å². The highest BCUT2D eigenvalue weighted by molar-refractivity contribution is 7.80. The molecule has 0 radical (unpaired) electrons. The minimum absolute atomic E-state index is 0.104.